The maximum absolute atomic E-state index is 12.1. The second-order valence-electron chi connectivity index (χ2n) is 5.08. The Kier molecular flexibility index (Phi) is 4.50. The zero-order valence-electron chi connectivity index (χ0n) is 12.6. The summed E-state index contributed by atoms with van der Waals surface area (Å²) in [4.78, 5) is 26.6. The number of nitro groups is 1. The third-order valence-electron chi connectivity index (χ3n) is 3.37. The number of aromatic nitrogens is 3. The summed E-state index contributed by atoms with van der Waals surface area (Å²) < 4.78 is 1.50. The van der Waals surface area contributed by atoms with Crippen LogP contribution in [-0.4, -0.2) is 25.6 Å². The number of nitrogens with zero attached hydrogens (tertiary/aromatic N) is 4. The Morgan fingerprint density at radius 3 is 2.59 bits per heavy atom. The fraction of sp³-hybridized carbons (Fsp3) is 0.357. The van der Waals surface area contributed by atoms with E-state index in [0.29, 0.717) is 17.1 Å². The molecule has 0 aliphatic rings. The number of hydrogen-bond donors (Lipinski definition) is 1. The van der Waals surface area contributed by atoms with E-state index in [1.165, 1.54) is 4.68 Å². The normalized spacial score (nSPS) is 12.0. The molecule has 0 aliphatic heterocycles. The lowest BCUT2D eigenvalue weighted by Gasteiger charge is -2.13. The predicted molar refractivity (Wildman–Crippen MR) is 80.4 cm³/mol. The summed E-state index contributed by atoms with van der Waals surface area (Å²) in [6.45, 7) is 5.24. The van der Waals surface area contributed by atoms with E-state index in [9.17, 15) is 14.9 Å². The standard InChI is InChI=1S/C14H17N5O3/c1-9(14(20)16-12-4-6-15-7-5-12)8-18-11(3)13(19(21)22)10(2)17-18/h4-7,9H,8H2,1-3H3,(H,15,16,20). The van der Waals surface area contributed by atoms with E-state index < -0.39 is 4.92 Å². The Morgan fingerprint density at radius 1 is 1.41 bits per heavy atom. The first kappa shape index (κ1) is 15.6. The quantitative estimate of drug-likeness (QED) is 0.672. The van der Waals surface area contributed by atoms with Crippen molar-refractivity contribution in [3.05, 3.63) is 46.0 Å². The molecule has 0 aromatic carbocycles. The molecule has 8 heteroatoms. The highest BCUT2D eigenvalue weighted by molar-refractivity contribution is 5.92. The van der Waals surface area contributed by atoms with Gasteiger partial charge >= 0.3 is 5.69 Å². The minimum absolute atomic E-state index is 0.00161. The van der Waals surface area contributed by atoms with Crippen molar-refractivity contribution in [2.45, 2.75) is 27.3 Å². The Labute approximate surface area is 127 Å². The molecule has 2 aromatic rings. The minimum atomic E-state index is -0.449. The van der Waals surface area contributed by atoms with Gasteiger partial charge in [-0.2, -0.15) is 5.10 Å². The van der Waals surface area contributed by atoms with Crippen LogP contribution in [0.4, 0.5) is 11.4 Å². The van der Waals surface area contributed by atoms with Gasteiger partial charge in [0.15, 0.2) is 0 Å². The minimum Gasteiger partial charge on any atom is -0.326 e. The van der Waals surface area contributed by atoms with Crippen LogP contribution in [0.2, 0.25) is 0 Å². The molecule has 0 bridgehead atoms. The molecule has 1 unspecified atom stereocenters. The number of carbonyl (C=O) groups excluding carboxylic acids is 1. The molecule has 0 spiro atoms. The molecule has 1 N–H and O–H groups in total. The molecule has 0 fully saturated rings. The monoisotopic (exact) mass is 303 g/mol. The van der Waals surface area contributed by atoms with Gasteiger partial charge < -0.3 is 5.32 Å². The first-order valence-electron chi connectivity index (χ1n) is 6.79. The molecule has 0 aliphatic carbocycles. The fourth-order valence-corrected chi connectivity index (χ4v) is 2.17. The Bertz CT molecular complexity index is 696. The molecule has 8 nitrogen and oxygen atoms in total. The highest BCUT2D eigenvalue weighted by Crippen LogP contribution is 2.22. The van der Waals surface area contributed by atoms with Gasteiger partial charge in [-0.05, 0) is 26.0 Å². The van der Waals surface area contributed by atoms with Crippen molar-refractivity contribution in [3.63, 3.8) is 0 Å². The van der Waals surface area contributed by atoms with Crippen molar-refractivity contribution in [2.24, 2.45) is 5.92 Å². The third kappa shape index (κ3) is 3.27. The van der Waals surface area contributed by atoms with Crippen LogP contribution < -0.4 is 5.32 Å². The Morgan fingerprint density at radius 2 is 2.05 bits per heavy atom. The van der Waals surface area contributed by atoms with E-state index in [0.717, 1.165) is 0 Å². The topological polar surface area (TPSA) is 103 Å². The van der Waals surface area contributed by atoms with E-state index in [-0.39, 0.29) is 24.1 Å². The smallest absolute Gasteiger partial charge is 0.312 e. The number of hydrogen-bond acceptors (Lipinski definition) is 5. The molecule has 0 radical (unpaired) electrons. The summed E-state index contributed by atoms with van der Waals surface area (Å²) in [6.07, 6.45) is 3.18. The van der Waals surface area contributed by atoms with Gasteiger partial charge in [0.1, 0.15) is 11.4 Å². The highest BCUT2D eigenvalue weighted by atomic mass is 16.6. The van der Waals surface area contributed by atoms with Gasteiger partial charge in [0.2, 0.25) is 5.91 Å². The maximum Gasteiger partial charge on any atom is 0.312 e. The largest absolute Gasteiger partial charge is 0.326 e. The molecule has 0 saturated heterocycles. The van der Waals surface area contributed by atoms with Crippen LogP contribution in [0.25, 0.3) is 0 Å². The Balaban J connectivity index is 2.09. The van der Waals surface area contributed by atoms with Crippen molar-refractivity contribution in [1.29, 1.82) is 0 Å². The lowest BCUT2D eigenvalue weighted by atomic mass is 10.1. The molecule has 116 valence electrons. The number of carbonyl (C=O) groups is 1. The van der Waals surface area contributed by atoms with Gasteiger partial charge in [0, 0.05) is 18.1 Å². The van der Waals surface area contributed by atoms with Crippen molar-refractivity contribution in [2.75, 3.05) is 5.32 Å². The van der Waals surface area contributed by atoms with Gasteiger partial charge in [0.05, 0.1) is 17.4 Å². The molecule has 1 atom stereocenters. The third-order valence-corrected chi connectivity index (χ3v) is 3.37. The number of pyridine rings is 1. The Hall–Kier alpha value is -2.77. The van der Waals surface area contributed by atoms with Gasteiger partial charge in [0.25, 0.3) is 0 Å². The van der Waals surface area contributed by atoms with Gasteiger partial charge in [-0.15, -0.1) is 0 Å². The first-order valence-corrected chi connectivity index (χ1v) is 6.79. The number of aryl methyl sites for hydroxylation is 1. The lowest BCUT2D eigenvalue weighted by Crippen LogP contribution is -2.25. The van der Waals surface area contributed by atoms with E-state index in [1.54, 1.807) is 45.3 Å². The summed E-state index contributed by atoms with van der Waals surface area (Å²) in [5, 5.41) is 17.9. The summed E-state index contributed by atoms with van der Waals surface area (Å²) in [5.41, 5.74) is 1.46. The molecule has 2 rings (SSSR count). The van der Waals surface area contributed by atoms with Crippen LogP contribution in [0.1, 0.15) is 18.3 Å². The van der Waals surface area contributed by atoms with Crippen molar-refractivity contribution in [1.82, 2.24) is 14.8 Å². The summed E-state index contributed by atoms with van der Waals surface area (Å²) in [7, 11) is 0. The van der Waals surface area contributed by atoms with Crippen molar-refractivity contribution in [3.8, 4) is 0 Å². The molecule has 2 heterocycles. The summed E-state index contributed by atoms with van der Waals surface area (Å²) in [6, 6.07) is 3.39. The average molecular weight is 303 g/mol. The van der Waals surface area contributed by atoms with Gasteiger partial charge in [-0.3, -0.25) is 24.6 Å². The number of rotatable bonds is 5. The second kappa shape index (κ2) is 6.33. The van der Waals surface area contributed by atoms with E-state index in [4.69, 9.17) is 0 Å². The van der Waals surface area contributed by atoms with Crippen LogP contribution in [0.15, 0.2) is 24.5 Å². The van der Waals surface area contributed by atoms with Gasteiger partial charge in [-0.1, -0.05) is 6.92 Å². The SMILES string of the molecule is Cc1nn(CC(C)C(=O)Nc2ccncc2)c(C)c1[N+](=O)[O-]. The molecular weight excluding hydrogens is 286 g/mol. The first-order chi connectivity index (χ1) is 10.4. The van der Waals surface area contributed by atoms with E-state index in [1.807, 2.05) is 0 Å². The average Bonchev–Trinajstić information content (AvgIpc) is 2.74. The van der Waals surface area contributed by atoms with E-state index in [2.05, 4.69) is 15.4 Å². The lowest BCUT2D eigenvalue weighted by molar-refractivity contribution is -0.386. The highest BCUT2D eigenvalue weighted by Gasteiger charge is 2.24. The number of nitrogens with one attached hydrogen (secondary N) is 1. The number of amides is 1. The number of anilines is 1. The maximum atomic E-state index is 12.1. The van der Waals surface area contributed by atoms with Crippen LogP contribution >= 0.6 is 0 Å². The van der Waals surface area contributed by atoms with Crippen molar-refractivity contribution >= 4 is 17.3 Å². The zero-order chi connectivity index (χ0) is 16.3. The second-order valence-corrected chi connectivity index (χ2v) is 5.08. The molecular formula is C14H17N5O3. The van der Waals surface area contributed by atoms with Crippen LogP contribution in [0.3, 0.4) is 0 Å². The zero-order valence-corrected chi connectivity index (χ0v) is 12.6. The molecule has 0 saturated carbocycles. The summed E-state index contributed by atoms with van der Waals surface area (Å²) >= 11 is 0. The summed E-state index contributed by atoms with van der Waals surface area (Å²) in [5.74, 6) is -0.563. The molecule has 2 aromatic heterocycles. The van der Waals surface area contributed by atoms with Crippen LogP contribution in [0.5, 0.6) is 0 Å². The van der Waals surface area contributed by atoms with Crippen molar-refractivity contribution < 1.29 is 9.72 Å². The fourth-order valence-electron chi connectivity index (χ4n) is 2.17. The molecule has 1 amide bonds. The molecule has 22 heavy (non-hydrogen) atoms. The van der Waals surface area contributed by atoms with E-state index >= 15 is 0 Å². The van der Waals surface area contributed by atoms with Gasteiger partial charge in [-0.25, -0.2) is 0 Å². The predicted octanol–water partition coefficient (Wildman–Crippen LogP) is 2.08. The van der Waals surface area contributed by atoms with Crippen LogP contribution in [0, 0.1) is 29.9 Å². The van der Waals surface area contributed by atoms with Crippen LogP contribution in [-0.2, 0) is 11.3 Å².